The Kier molecular flexibility index (Phi) is 5.59. The first kappa shape index (κ1) is 16.7. The van der Waals surface area contributed by atoms with E-state index in [2.05, 4.69) is 29.8 Å². The molecule has 0 heterocycles. The highest BCUT2D eigenvalue weighted by atomic mass is 79.9. The van der Waals surface area contributed by atoms with Crippen LogP contribution in [0.3, 0.4) is 0 Å². The summed E-state index contributed by atoms with van der Waals surface area (Å²) in [4.78, 5) is 0. The normalized spacial score (nSPS) is 11.0. The average Bonchev–Trinajstić information content (AvgIpc) is 2.42. The summed E-state index contributed by atoms with van der Waals surface area (Å²) >= 11 is 15.8. The highest BCUT2D eigenvalue weighted by Gasteiger charge is 2.12. The van der Waals surface area contributed by atoms with Gasteiger partial charge < -0.3 is 4.74 Å². The number of hydrogen-bond donors (Lipinski definition) is 0. The average molecular weight is 388 g/mol. The molecule has 0 aliphatic carbocycles. The molecule has 0 saturated heterocycles. The van der Waals surface area contributed by atoms with Crippen molar-refractivity contribution in [3.8, 4) is 11.5 Å². The minimum Gasteiger partial charge on any atom is -0.457 e. The predicted octanol–water partition coefficient (Wildman–Crippen LogP) is 7.11. The monoisotopic (exact) mass is 386 g/mol. The lowest BCUT2D eigenvalue weighted by Gasteiger charge is -2.16. The van der Waals surface area contributed by atoms with Crippen LogP contribution in [0.15, 0.2) is 30.3 Å². The molecule has 4 heteroatoms. The van der Waals surface area contributed by atoms with Gasteiger partial charge in [-0.15, -0.1) is 0 Å². The summed E-state index contributed by atoms with van der Waals surface area (Å²) in [6, 6.07) is 9.60. The first-order valence-electron chi connectivity index (χ1n) is 6.74. The number of aryl methyl sites for hydroxylation is 1. The minimum absolute atomic E-state index is 0.348. The molecule has 0 unspecified atom stereocenters. The molecular weight excluding hydrogens is 371 g/mol. The van der Waals surface area contributed by atoms with Gasteiger partial charge in [-0.05, 0) is 54.3 Å². The highest BCUT2D eigenvalue weighted by Crippen LogP contribution is 2.35. The molecule has 0 fully saturated rings. The van der Waals surface area contributed by atoms with Gasteiger partial charge in [0.15, 0.2) is 0 Å². The van der Waals surface area contributed by atoms with Gasteiger partial charge in [-0.3, -0.25) is 0 Å². The second-order valence-corrected chi connectivity index (χ2v) is 6.69. The summed E-state index contributed by atoms with van der Waals surface area (Å²) in [7, 11) is 0. The maximum absolute atomic E-state index is 6.30. The molecule has 2 rings (SSSR count). The zero-order chi connectivity index (χ0) is 15.6. The molecule has 112 valence electrons. The van der Waals surface area contributed by atoms with E-state index in [9.17, 15) is 0 Å². The van der Waals surface area contributed by atoms with Crippen molar-refractivity contribution in [2.45, 2.75) is 32.0 Å². The third kappa shape index (κ3) is 3.94. The van der Waals surface area contributed by atoms with Gasteiger partial charge in [0.25, 0.3) is 0 Å². The quantitative estimate of drug-likeness (QED) is 0.507. The number of ether oxygens (including phenoxy) is 1. The maximum atomic E-state index is 6.30. The van der Waals surface area contributed by atoms with Gasteiger partial charge in [-0.1, -0.05) is 53.0 Å². The van der Waals surface area contributed by atoms with E-state index in [0.29, 0.717) is 16.3 Å². The van der Waals surface area contributed by atoms with E-state index in [1.807, 2.05) is 37.3 Å². The SMILES string of the molecule is Cc1cc(Cl)c(C(C)C)cc1Oc1ccc(Cl)cc1CBr. The molecular formula is C17H17BrCl2O. The van der Waals surface area contributed by atoms with Crippen LogP contribution in [0.4, 0.5) is 0 Å². The Labute approximate surface area is 144 Å². The molecule has 0 aliphatic heterocycles. The molecule has 2 aromatic carbocycles. The van der Waals surface area contributed by atoms with Gasteiger partial charge in [-0.2, -0.15) is 0 Å². The zero-order valence-electron chi connectivity index (χ0n) is 12.2. The fourth-order valence-corrected chi connectivity index (χ4v) is 3.16. The number of alkyl halides is 1. The number of halogens is 3. The summed E-state index contributed by atoms with van der Waals surface area (Å²) in [5.74, 6) is 1.98. The van der Waals surface area contributed by atoms with Gasteiger partial charge >= 0.3 is 0 Å². The highest BCUT2D eigenvalue weighted by molar-refractivity contribution is 9.08. The topological polar surface area (TPSA) is 9.23 Å². The van der Waals surface area contributed by atoms with Crippen LogP contribution in [-0.2, 0) is 5.33 Å². The lowest BCUT2D eigenvalue weighted by molar-refractivity contribution is 0.474. The molecule has 1 nitrogen and oxygen atoms in total. The predicted molar refractivity (Wildman–Crippen MR) is 94.4 cm³/mol. The fraction of sp³-hybridized carbons (Fsp3) is 0.294. The van der Waals surface area contributed by atoms with E-state index in [0.717, 1.165) is 33.2 Å². The van der Waals surface area contributed by atoms with Crippen molar-refractivity contribution in [2.75, 3.05) is 0 Å². The van der Waals surface area contributed by atoms with Crippen LogP contribution in [-0.4, -0.2) is 0 Å². The summed E-state index contributed by atoms with van der Waals surface area (Å²) in [5.41, 5.74) is 3.12. The van der Waals surface area contributed by atoms with E-state index in [4.69, 9.17) is 27.9 Å². The third-order valence-corrected chi connectivity index (χ3v) is 4.47. The van der Waals surface area contributed by atoms with E-state index in [-0.39, 0.29) is 0 Å². The molecule has 0 spiro atoms. The first-order chi connectivity index (χ1) is 9.92. The molecule has 0 atom stereocenters. The summed E-state index contributed by atoms with van der Waals surface area (Å²) in [6.45, 7) is 6.23. The van der Waals surface area contributed by atoms with Crippen molar-refractivity contribution in [1.82, 2.24) is 0 Å². The molecule has 0 radical (unpaired) electrons. The zero-order valence-corrected chi connectivity index (χ0v) is 15.3. The van der Waals surface area contributed by atoms with Gasteiger partial charge in [0.05, 0.1) is 0 Å². The van der Waals surface area contributed by atoms with Crippen molar-refractivity contribution in [1.29, 1.82) is 0 Å². The van der Waals surface area contributed by atoms with Crippen LogP contribution in [0.2, 0.25) is 10.0 Å². The Hall–Kier alpha value is -0.700. The minimum atomic E-state index is 0.348. The van der Waals surface area contributed by atoms with E-state index in [1.54, 1.807) is 0 Å². The Morgan fingerprint density at radius 3 is 2.43 bits per heavy atom. The van der Waals surface area contributed by atoms with Crippen molar-refractivity contribution in [3.05, 3.63) is 57.1 Å². The number of rotatable bonds is 4. The van der Waals surface area contributed by atoms with Gasteiger partial charge in [-0.25, -0.2) is 0 Å². The summed E-state index contributed by atoms with van der Waals surface area (Å²) < 4.78 is 6.08. The molecule has 0 bridgehead atoms. The lowest BCUT2D eigenvalue weighted by Crippen LogP contribution is -1.96. The third-order valence-electron chi connectivity index (χ3n) is 3.30. The van der Waals surface area contributed by atoms with Crippen molar-refractivity contribution in [2.24, 2.45) is 0 Å². The fourth-order valence-electron chi connectivity index (χ4n) is 2.09. The first-order valence-corrected chi connectivity index (χ1v) is 8.62. The summed E-state index contributed by atoms with van der Waals surface area (Å²) in [5, 5.41) is 2.17. The Balaban J connectivity index is 2.42. The second kappa shape index (κ2) is 7.04. The van der Waals surface area contributed by atoms with Gasteiger partial charge in [0.1, 0.15) is 11.5 Å². The molecule has 0 aromatic heterocycles. The van der Waals surface area contributed by atoms with Gasteiger partial charge in [0, 0.05) is 20.9 Å². The van der Waals surface area contributed by atoms with Crippen molar-refractivity contribution in [3.63, 3.8) is 0 Å². The Morgan fingerprint density at radius 2 is 1.81 bits per heavy atom. The Bertz CT molecular complexity index is 653. The second-order valence-electron chi connectivity index (χ2n) is 5.28. The molecule has 0 aliphatic rings. The van der Waals surface area contributed by atoms with E-state index < -0.39 is 0 Å². The van der Waals surface area contributed by atoms with Crippen LogP contribution in [0.5, 0.6) is 11.5 Å². The van der Waals surface area contributed by atoms with Crippen molar-refractivity contribution >= 4 is 39.1 Å². The van der Waals surface area contributed by atoms with Gasteiger partial charge in [0.2, 0.25) is 0 Å². The van der Waals surface area contributed by atoms with Crippen LogP contribution in [0, 0.1) is 6.92 Å². The molecule has 0 N–H and O–H groups in total. The Morgan fingerprint density at radius 1 is 1.10 bits per heavy atom. The van der Waals surface area contributed by atoms with E-state index >= 15 is 0 Å². The molecule has 21 heavy (non-hydrogen) atoms. The molecule has 0 saturated carbocycles. The smallest absolute Gasteiger partial charge is 0.131 e. The standard InChI is InChI=1S/C17H17BrCl2O/c1-10(2)14-8-17(11(3)6-15(14)20)21-16-5-4-13(19)7-12(16)9-18/h4-8,10H,9H2,1-3H3. The van der Waals surface area contributed by atoms with Crippen LogP contribution in [0.1, 0.15) is 36.5 Å². The van der Waals surface area contributed by atoms with Crippen LogP contribution in [0.25, 0.3) is 0 Å². The molecule has 2 aromatic rings. The van der Waals surface area contributed by atoms with Crippen molar-refractivity contribution < 1.29 is 4.74 Å². The molecule has 0 amide bonds. The number of hydrogen-bond acceptors (Lipinski definition) is 1. The maximum Gasteiger partial charge on any atom is 0.131 e. The number of benzene rings is 2. The van der Waals surface area contributed by atoms with Crippen LogP contribution < -0.4 is 4.74 Å². The summed E-state index contributed by atoms with van der Waals surface area (Å²) in [6.07, 6.45) is 0. The lowest BCUT2D eigenvalue weighted by atomic mass is 10.0. The van der Waals surface area contributed by atoms with E-state index in [1.165, 1.54) is 0 Å². The van der Waals surface area contributed by atoms with Crippen LogP contribution >= 0.6 is 39.1 Å². The largest absolute Gasteiger partial charge is 0.457 e.